The predicted molar refractivity (Wildman–Crippen MR) is 59.5 cm³/mol. The monoisotopic (exact) mass is 218 g/mol. The van der Waals surface area contributed by atoms with Crippen LogP contribution >= 0.6 is 12.6 Å². The smallest absolute Gasteiger partial charge is 0.321 e. The number of carbonyl (C=O) groups is 2. The van der Waals surface area contributed by atoms with Crippen molar-refractivity contribution in [3.63, 3.8) is 0 Å². The molecule has 0 aliphatic rings. The van der Waals surface area contributed by atoms with E-state index in [-0.39, 0.29) is 12.3 Å². The first-order chi connectivity index (χ1) is 6.70. The Morgan fingerprint density at radius 2 is 2.00 bits per heavy atom. The van der Waals surface area contributed by atoms with Gasteiger partial charge in [-0.3, -0.25) is 10.1 Å². The highest BCUT2D eigenvalue weighted by molar-refractivity contribution is 7.80. The van der Waals surface area contributed by atoms with Crippen LogP contribution in [0.15, 0.2) is 0 Å². The Morgan fingerprint density at radius 3 is 2.57 bits per heavy atom. The van der Waals surface area contributed by atoms with Gasteiger partial charge in [0.25, 0.3) is 0 Å². The highest BCUT2D eigenvalue weighted by atomic mass is 32.1. The number of thiol groups is 1. The van der Waals surface area contributed by atoms with Crippen LogP contribution in [-0.2, 0) is 4.79 Å². The van der Waals surface area contributed by atoms with Gasteiger partial charge in [-0.05, 0) is 12.2 Å². The Labute approximate surface area is 90.2 Å². The second-order valence-electron chi connectivity index (χ2n) is 2.98. The highest BCUT2D eigenvalue weighted by Crippen LogP contribution is 1.90. The average Bonchev–Trinajstić information content (AvgIpc) is 2.13. The highest BCUT2D eigenvalue weighted by Gasteiger charge is 2.04. The Morgan fingerprint density at radius 1 is 1.29 bits per heavy atom. The van der Waals surface area contributed by atoms with Crippen molar-refractivity contribution in [2.24, 2.45) is 0 Å². The lowest BCUT2D eigenvalue weighted by molar-refractivity contribution is -0.119. The van der Waals surface area contributed by atoms with Gasteiger partial charge in [0.15, 0.2) is 0 Å². The number of hydrogen-bond donors (Lipinski definition) is 3. The molecule has 0 bridgehead atoms. The van der Waals surface area contributed by atoms with Crippen molar-refractivity contribution in [3.8, 4) is 0 Å². The molecule has 2 N–H and O–H groups in total. The Hall–Kier alpha value is -0.710. The van der Waals surface area contributed by atoms with E-state index in [9.17, 15) is 9.59 Å². The molecular weight excluding hydrogens is 200 g/mol. The molecule has 82 valence electrons. The Kier molecular flexibility index (Phi) is 8.42. The third-order valence-corrected chi connectivity index (χ3v) is 1.88. The van der Waals surface area contributed by atoms with Gasteiger partial charge < -0.3 is 5.32 Å². The number of carbonyl (C=O) groups excluding carboxylic acids is 2. The van der Waals surface area contributed by atoms with Gasteiger partial charge in [-0.15, -0.1) is 0 Å². The molecule has 5 heteroatoms. The number of hydrogen-bond acceptors (Lipinski definition) is 3. The minimum absolute atomic E-state index is 0.269. The lowest BCUT2D eigenvalue weighted by Gasteiger charge is -2.05. The van der Waals surface area contributed by atoms with E-state index in [2.05, 4.69) is 30.2 Å². The fourth-order valence-corrected chi connectivity index (χ4v) is 1.11. The van der Waals surface area contributed by atoms with E-state index in [0.717, 1.165) is 19.3 Å². The first kappa shape index (κ1) is 13.3. The van der Waals surface area contributed by atoms with Gasteiger partial charge in [-0.1, -0.05) is 19.8 Å². The third kappa shape index (κ3) is 7.91. The van der Waals surface area contributed by atoms with Crippen molar-refractivity contribution < 1.29 is 9.59 Å². The first-order valence-corrected chi connectivity index (χ1v) is 5.52. The standard InChI is InChI=1S/C9H18N2O2S/c1-2-3-4-6-10-9(13)11-8(12)5-7-14/h14H,2-7H2,1H3,(H2,10,11,12,13). The second-order valence-corrected chi connectivity index (χ2v) is 3.43. The Balaban J connectivity index is 3.40. The van der Waals surface area contributed by atoms with Crippen molar-refractivity contribution >= 4 is 24.6 Å². The summed E-state index contributed by atoms with van der Waals surface area (Å²) in [6.07, 6.45) is 3.42. The maximum atomic E-state index is 11.0. The maximum absolute atomic E-state index is 11.0. The number of imide groups is 1. The normalized spacial score (nSPS) is 9.57. The second kappa shape index (κ2) is 8.87. The molecule has 0 heterocycles. The van der Waals surface area contributed by atoms with Gasteiger partial charge in [0, 0.05) is 13.0 Å². The molecule has 14 heavy (non-hydrogen) atoms. The van der Waals surface area contributed by atoms with Crippen LogP contribution in [0.3, 0.4) is 0 Å². The average molecular weight is 218 g/mol. The van der Waals surface area contributed by atoms with E-state index in [1.807, 2.05) is 0 Å². The van der Waals surface area contributed by atoms with E-state index < -0.39 is 6.03 Å². The van der Waals surface area contributed by atoms with Crippen LogP contribution in [-0.4, -0.2) is 24.2 Å². The van der Waals surface area contributed by atoms with Gasteiger partial charge in [-0.2, -0.15) is 12.6 Å². The SMILES string of the molecule is CCCCCNC(=O)NC(=O)CCS. The molecule has 0 aromatic rings. The van der Waals surface area contributed by atoms with Gasteiger partial charge >= 0.3 is 6.03 Å². The third-order valence-electron chi connectivity index (χ3n) is 1.66. The number of urea groups is 1. The van der Waals surface area contributed by atoms with Crippen LogP contribution in [0.2, 0.25) is 0 Å². The van der Waals surface area contributed by atoms with Crippen molar-refractivity contribution in [3.05, 3.63) is 0 Å². The topological polar surface area (TPSA) is 58.2 Å². The predicted octanol–water partition coefficient (Wildman–Crippen LogP) is 1.32. The number of unbranched alkanes of at least 4 members (excludes halogenated alkanes) is 2. The Bertz CT molecular complexity index is 186. The van der Waals surface area contributed by atoms with E-state index in [4.69, 9.17) is 0 Å². The summed E-state index contributed by atoms with van der Waals surface area (Å²) in [4.78, 5) is 21.9. The van der Waals surface area contributed by atoms with Crippen molar-refractivity contribution in [2.45, 2.75) is 32.6 Å². The zero-order valence-electron chi connectivity index (χ0n) is 8.51. The van der Waals surface area contributed by atoms with E-state index in [1.54, 1.807) is 0 Å². The van der Waals surface area contributed by atoms with Gasteiger partial charge in [0.2, 0.25) is 5.91 Å². The van der Waals surface area contributed by atoms with Crippen LogP contribution in [0.4, 0.5) is 4.79 Å². The molecule has 4 nitrogen and oxygen atoms in total. The van der Waals surface area contributed by atoms with Gasteiger partial charge in [0.05, 0.1) is 0 Å². The van der Waals surface area contributed by atoms with Crippen molar-refractivity contribution in [1.82, 2.24) is 10.6 Å². The summed E-state index contributed by atoms with van der Waals surface area (Å²) in [6, 6.07) is -0.409. The van der Waals surface area contributed by atoms with E-state index in [0.29, 0.717) is 12.3 Å². The summed E-state index contributed by atoms with van der Waals surface area (Å²) in [5.74, 6) is 0.169. The fourth-order valence-electron chi connectivity index (χ4n) is 0.912. The molecule has 3 amide bonds. The van der Waals surface area contributed by atoms with Crippen molar-refractivity contribution in [1.29, 1.82) is 0 Å². The quantitative estimate of drug-likeness (QED) is 0.465. The molecule has 0 spiro atoms. The molecule has 0 atom stereocenters. The summed E-state index contributed by atoms with van der Waals surface area (Å²) < 4.78 is 0. The summed E-state index contributed by atoms with van der Waals surface area (Å²) in [5.41, 5.74) is 0. The van der Waals surface area contributed by atoms with Crippen molar-refractivity contribution in [2.75, 3.05) is 12.3 Å². The number of nitrogens with one attached hydrogen (secondary N) is 2. The summed E-state index contributed by atoms with van der Waals surface area (Å²) in [7, 11) is 0. The zero-order valence-corrected chi connectivity index (χ0v) is 9.40. The summed E-state index contributed by atoms with van der Waals surface area (Å²) >= 11 is 3.89. The largest absolute Gasteiger partial charge is 0.338 e. The summed E-state index contributed by atoms with van der Waals surface area (Å²) in [6.45, 7) is 2.71. The molecule has 0 radical (unpaired) electrons. The zero-order chi connectivity index (χ0) is 10.8. The fraction of sp³-hybridized carbons (Fsp3) is 0.778. The van der Waals surface area contributed by atoms with E-state index in [1.165, 1.54) is 0 Å². The number of amides is 3. The molecule has 0 fully saturated rings. The molecule has 0 rings (SSSR count). The molecule has 0 aromatic carbocycles. The van der Waals surface area contributed by atoms with E-state index >= 15 is 0 Å². The summed E-state index contributed by atoms with van der Waals surface area (Å²) in [5, 5.41) is 4.83. The van der Waals surface area contributed by atoms with Gasteiger partial charge in [-0.25, -0.2) is 4.79 Å². The van der Waals surface area contributed by atoms with Crippen LogP contribution in [0.5, 0.6) is 0 Å². The lowest BCUT2D eigenvalue weighted by Crippen LogP contribution is -2.39. The first-order valence-electron chi connectivity index (χ1n) is 4.89. The lowest BCUT2D eigenvalue weighted by atomic mass is 10.2. The minimum atomic E-state index is -0.409. The maximum Gasteiger partial charge on any atom is 0.321 e. The van der Waals surface area contributed by atoms with Gasteiger partial charge in [0.1, 0.15) is 0 Å². The molecule has 0 aliphatic carbocycles. The molecule has 0 aliphatic heterocycles. The van der Waals surface area contributed by atoms with Crippen LogP contribution in [0.25, 0.3) is 0 Å². The minimum Gasteiger partial charge on any atom is -0.338 e. The molecule has 0 aromatic heterocycles. The van der Waals surface area contributed by atoms with Crippen LogP contribution < -0.4 is 10.6 Å². The molecule has 0 saturated carbocycles. The van der Waals surface area contributed by atoms with Crippen LogP contribution in [0, 0.1) is 0 Å². The molecule has 0 saturated heterocycles. The van der Waals surface area contributed by atoms with Crippen LogP contribution in [0.1, 0.15) is 32.6 Å². The molecular formula is C9H18N2O2S. The molecule has 0 unspecified atom stereocenters. The number of rotatable bonds is 6.